The summed E-state index contributed by atoms with van der Waals surface area (Å²) in [6.07, 6.45) is -0.521. The van der Waals surface area contributed by atoms with E-state index in [0.29, 0.717) is 12.1 Å². The Labute approximate surface area is 124 Å². The van der Waals surface area contributed by atoms with E-state index in [0.717, 1.165) is 5.01 Å². The van der Waals surface area contributed by atoms with Gasteiger partial charge in [0.15, 0.2) is 9.84 Å². The highest BCUT2D eigenvalue weighted by molar-refractivity contribution is 7.91. The molecule has 2 atom stereocenters. The second-order valence-electron chi connectivity index (χ2n) is 6.64. The Morgan fingerprint density at radius 3 is 2.60 bits per heavy atom. The Kier molecular flexibility index (Phi) is 4.01. The summed E-state index contributed by atoms with van der Waals surface area (Å²) >= 11 is 1.49. The summed E-state index contributed by atoms with van der Waals surface area (Å²) in [6, 6.07) is 0. The Morgan fingerprint density at radius 2 is 2.20 bits per heavy atom. The van der Waals surface area contributed by atoms with Crippen molar-refractivity contribution >= 4 is 21.2 Å². The van der Waals surface area contributed by atoms with Gasteiger partial charge in [-0.1, -0.05) is 20.8 Å². The molecule has 1 fully saturated rings. The van der Waals surface area contributed by atoms with Gasteiger partial charge in [0.25, 0.3) is 0 Å². The highest BCUT2D eigenvalue weighted by Gasteiger charge is 2.47. The van der Waals surface area contributed by atoms with Gasteiger partial charge in [-0.05, 0) is 6.42 Å². The smallest absolute Gasteiger partial charge is 0.151 e. The first-order valence-electron chi connectivity index (χ1n) is 6.64. The maximum atomic E-state index is 11.7. The third-order valence-electron chi connectivity index (χ3n) is 3.85. The predicted octanol–water partition coefficient (Wildman–Crippen LogP) is 1.24. The van der Waals surface area contributed by atoms with Crippen LogP contribution < -0.4 is 5.73 Å². The molecular formula is C13H22N2O3S2. The van der Waals surface area contributed by atoms with Crippen LogP contribution in [0.25, 0.3) is 0 Å². The monoisotopic (exact) mass is 318 g/mol. The minimum atomic E-state index is -3.10. The largest absolute Gasteiger partial charge is 0.386 e. The van der Waals surface area contributed by atoms with Crippen LogP contribution in [-0.4, -0.2) is 36.6 Å². The van der Waals surface area contributed by atoms with Gasteiger partial charge in [-0.2, -0.15) is 0 Å². The Balaban J connectivity index is 2.31. The van der Waals surface area contributed by atoms with E-state index in [4.69, 9.17) is 5.73 Å². The van der Waals surface area contributed by atoms with Crippen molar-refractivity contribution in [3.63, 3.8) is 0 Å². The van der Waals surface area contributed by atoms with E-state index in [9.17, 15) is 13.5 Å². The third kappa shape index (κ3) is 2.90. The molecule has 0 radical (unpaired) electrons. The molecule has 2 heterocycles. The summed E-state index contributed by atoms with van der Waals surface area (Å²) in [5.74, 6) is 0.0393. The minimum absolute atomic E-state index is 0.0555. The fourth-order valence-corrected chi connectivity index (χ4v) is 5.58. The lowest BCUT2D eigenvalue weighted by Crippen LogP contribution is -2.38. The molecule has 0 bridgehead atoms. The number of nitrogens with two attached hydrogens (primary N) is 1. The summed E-state index contributed by atoms with van der Waals surface area (Å²) in [5.41, 5.74) is 5.44. The van der Waals surface area contributed by atoms with Crippen LogP contribution in [0.3, 0.4) is 0 Å². The average Bonchev–Trinajstić information content (AvgIpc) is 2.92. The number of sulfone groups is 1. The summed E-state index contributed by atoms with van der Waals surface area (Å²) in [4.78, 5) is 4.48. The number of hydrogen-bond donors (Lipinski definition) is 2. The number of thiazole rings is 1. The van der Waals surface area contributed by atoms with Crippen LogP contribution in [0.15, 0.2) is 5.38 Å². The first-order chi connectivity index (χ1) is 9.10. The molecule has 2 unspecified atom stereocenters. The van der Waals surface area contributed by atoms with Crippen molar-refractivity contribution < 1.29 is 13.5 Å². The van der Waals surface area contributed by atoms with Crippen molar-refractivity contribution in [1.29, 1.82) is 0 Å². The lowest BCUT2D eigenvalue weighted by molar-refractivity contribution is 0.0440. The van der Waals surface area contributed by atoms with E-state index in [2.05, 4.69) is 25.8 Å². The number of rotatable bonds is 3. The molecule has 0 amide bonds. The molecule has 1 aromatic heterocycles. The number of aliphatic hydroxyl groups is 1. The molecule has 1 saturated heterocycles. The molecular weight excluding hydrogens is 296 g/mol. The van der Waals surface area contributed by atoms with Gasteiger partial charge in [-0.3, -0.25) is 0 Å². The first kappa shape index (κ1) is 15.9. The van der Waals surface area contributed by atoms with E-state index in [1.165, 1.54) is 11.3 Å². The average molecular weight is 318 g/mol. The van der Waals surface area contributed by atoms with Crippen LogP contribution in [0.2, 0.25) is 0 Å². The Bertz CT molecular complexity index is 589. The molecule has 0 saturated carbocycles. The minimum Gasteiger partial charge on any atom is -0.386 e. The Morgan fingerprint density at radius 1 is 1.55 bits per heavy atom. The summed E-state index contributed by atoms with van der Waals surface area (Å²) in [7, 11) is -3.10. The van der Waals surface area contributed by atoms with Gasteiger partial charge in [0.1, 0.15) is 6.10 Å². The van der Waals surface area contributed by atoms with Gasteiger partial charge in [0.05, 0.1) is 22.2 Å². The van der Waals surface area contributed by atoms with Crippen molar-refractivity contribution in [2.24, 2.45) is 11.1 Å². The molecule has 2 rings (SSSR count). The molecule has 1 aliphatic rings. The zero-order chi connectivity index (χ0) is 15.2. The van der Waals surface area contributed by atoms with Gasteiger partial charge in [0, 0.05) is 22.8 Å². The van der Waals surface area contributed by atoms with Crippen molar-refractivity contribution in [3.05, 3.63) is 16.1 Å². The molecule has 20 heavy (non-hydrogen) atoms. The maximum Gasteiger partial charge on any atom is 0.151 e. The van der Waals surface area contributed by atoms with E-state index < -0.39 is 21.4 Å². The number of aliphatic hydroxyl groups excluding tert-OH is 1. The van der Waals surface area contributed by atoms with Crippen molar-refractivity contribution in [2.45, 2.75) is 38.7 Å². The fourth-order valence-electron chi connectivity index (χ4n) is 2.50. The normalized spacial score (nSPS) is 27.6. The topological polar surface area (TPSA) is 93.3 Å². The highest BCUT2D eigenvalue weighted by atomic mass is 32.2. The molecule has 0 aromatic carbocycles. The molecule has 1 aromatic rings. The molecule has 0 aliphatic carbocycles. The summed E-state index contributed by atoms with van der Waals surface area (Å²) in [5, 5.41) is 13.3. The van der Waals surface area contributed by atoms with Crippen molar-refractivity contribution in [2.75, 3.05) is 18.1 Å². The lowest BCUT2D eigenvalue weighted by atomic mass is 9.80. The number of nitrogens with zero attached hydrogens (tertiary/aromatic N) is 1. The van der Waals surface area contributed by atoms with Crippen LogP contribution in [-0.2, 0) is 15.3 Å². The molecule has 5 nitrogen and oxygen atoms in total. The van der Waals surface area contributed by atoms with E-state index >= 15 is 0 Å². The van der Waals surface area contributed by atoms with Gasteiger partial charge in [0.2, 0.25) is 0 Å². The van der Waals surface area contributed by atoms with Crippen molar-refractivity contribution in [1.82, 2.24) is 4.98 Å². The number of hydrogen-bond acceptors (Lipinski definition) is 6. The molecule has 7 heteroatoms. The number of aromatic nitrogens is 1. The fraction of sp³-hybridized carbons (Fsp3) is 0.769. The summed E-state index contributed by atoms with van der Waals surface area (Å²) < 4.78 is 23.4. The lowest BCUT2D eigenvalue weighted by Gasteiger charge is -2.30. The molecule has 114 valence electrons. The van der Waals surface area contributed by atoms with Crippen LogP contribution in [0, 0.1) is 5.41 Å². The zero-order valence-electron chi connectivity index (χ0n) is 12.1. The Hall–Kier alpha value is -0.500. The van der Waals surface area contributed by atoms with Gasteiger partial charge < -0.3 is 10.8 Å². The van der Waals surface area contributed by atoms with Gasteiger partial charge >= 0.3 is 0 Å². The van der Waals surface area contributed by atoms with Gasteiger partial charge in [-0.25, -0.2) is 13.4 Å². The standard InChI is InChI=1S/C13H22N2O3S2/c1-12(2,3)11-15-9(6-19-11)10(16)13(7-14)4-5-20(17,18)8-13/h6,10,16H,4-5,7-8,14H2,1-3H3. The predicted molar refractivity (Wildman–Crippen MR) is 80.5 cm³/mol. The SMILES string of the molecule is CC(C)(C)c1nc(C(O)C2(CN)CCS(=O)(=O)C2)cs1. The van der Waals surface area contributed by atoms with E-state index in [-0.39, 0.29) is 23.5 Å². The molecule has 1 aliphatic heterocycles. The second-order valence-corrected chi connectivity index (χ2v) is 9.68. The quantitative estimate of drug-likeness (QED) is 0.874. The highest BCUT2D eigenvalue weighted by Crippen LogP contribution is 2.43. The van der Waals surface area contributed by atoms with Gasteiger partial charge in [-0.15, -0.1) is 11.3 Å². The third-order valence-corrected chi connectivity index (χ3v) is 6.98. The molecule has 0 spiro atoms. The maximum absolute atomic E-state index is 11.7. The van der Waals surface area contributed by atoms with Crippen LogP contribution in [0.5, 0.6) is 0 Å². The van der Waals surface area contributed by atoms with E-state index in [1.54, 1.807) is 0 Å². The molecule has 3 N–H and O–H groups in total. The zero-order valence-corrected chi connectivity index (χ0v) is 13.7. The first-order valence-corrected chi connectivity index (χ1v) is 9.34. The summed E-state index contributed by atoms with van der Waals surface area (Å²) in [6.45, 7) is 6.32. The second kappa shape index (κ2) is 5.05. The van der Waals surface area contributed by atoms with Crippen LogP contribution in [0.1, 0.15) is 44.0 Å². The van der Waals surface area contributed by atoms with Crippen LogP contribution in [0.4, 0.5) is 0 Å². The van der Waals surface area contributed by atoms with E-state index in [1.807, 2.05) is 5.38 Å². The van der Waals surface area contributed by atoms with Crippen LogP contribution >= 0.6 is 11.3 Å². The van der Waals surface area contributed by atoms with Crippen molar-refractivity contribution in [3.8, 4) is 0 Å².